The minimum Gasteiger partial charge on any atom is -0.504 e. The second kappa shape index (κ2) is 11.8. The lowest BCUT2D eigenvalue weighted by Gasteiger charge is -2.23. The molecule has 8 heteroatoms. The van der Waals surface area contributed by atoms with Crippen molar-refractivity contribution in [2.45, 2.75) is 13.0 Å². The number of nitrogen functional groups attached to an aromatic ring is 1. The normalized spacial score (nSPS) is 12.6. The second-order valence-corrected chi connectivity index (χ2v) is 8.70. The highest BCUT2D eigenvalue weighted by Crippen LogP contribution is 2.34. The largest absolute Gasteiger partial charge is 0.504 e. The zero-order valence-corrected chi connectivity index (χ0v) is 21.0. The molecule has 2 amide bonds. The molecule has 0 bridgehead atoms. The maximum Gasteiger partial charge on any atom is 0.412 e. The first kappa shape index (κ1) is 26.1. The fourth-order valence-corrected chi connectivity index (χ4v) is 4.08. The van der Waals surface area contributed by atoms with E-state index in [1.807, 2.05) is 36.4 Å². The molecule has 8 nitrogen and oxygen atoms in total. The van der Waals surface area contributed by atoms with E-state index in [0.29, 0.717) is 22.6 Å². The number of hydrogen-bond donors (Lipinski definition) is 4. The third-order valence-electron chi connectivity index (χ3n) is 6.04. The van der Waals surface area contributed by atoms with Gasteiger partial charge < -0.3 is 25.6 Å². The van der Waals surface area contributed by atoms with E-state index >= 15 is 0 Å². The Labute approximate surface area is 220 Å². The number of ether oxygens (including phenoxy) is 2. The summed E-state index contributed by atoms with van der Waals surface area (Å²) in [5.74, 6) is -0.636. The van der Waals surface area contributed by atoms with Crippen molar-refractivity contribution in [1.82, 2.24) is 0 Å². The van der Waals surface area contributed by atoms with Crippen molar-refractivity contribution in [2.75, 3.05) is 23.5 Å². The minimum atomic E-state index is -0.826. The van der Waals surface area contributed by atoms with Crippen LogP contribution in [-0.4, -0.2) is 24.2 Å². The third-order valence-corrected chi connectivity index (χ3v) is 6.04. The summed E-state index contributed by atoms with van der Waals surface area (Å²) in [5.41, 5.74) is 7.98. The molecule has 0 saturated heterocycles. The van der Waals surface area contributed by atoms with E-state index in [9.17, 15) is 14.7 Å². The van der Waals surface area contributed by atoms with E-state index in [0.717, 1.165) is 10.8 Å². The molecule has 0 radical (unpaired) electrons. The molecule has 0 unspecified atom stereocenters. The van der Waals surface area contributed by atoms with Crippen LogP contribution in [0.2, 0.25) is 0 Å². The van der Waals surface area contributed by atoms with Gasteiger partial charge in [-0.25, -0.2) is 4.79 Å². The van der Waals surface area contributed by atoms with Crippen molar-refractivity contribution < 1.29 is 24.2 Å². The lowest BCUT2D eigenvalue weighted by molar-refractivity contribution is -0.111. The van der Waals surface area contributed by atoms with Crippen molar-refractivity contribution in [3.8, 4) is 11.5 Å². The number of rotatable bonds is 8. The number of nitrogens with one attached hydrogen (secondary N) is 2. The van der Waals surface area contributed by atoms with Gasteiger partial charge in [-0.3, -0.25) is 10.1 Å². The predicted molar refractivity (Wildman–Crippen MR) is 149 cm³/mol. The summed E-state index contributed by atoms with van der Waals surface area (Å²) in [6.07, 6.45) is 1.49. The minimum absolute atomic E-state index is 0.0958. The van der Waals surface area contributed by atoms with Crippen LogP contribution in [0.5, 0.6) is 11.5 Å². The molecule has 194 valence electrons. The fourth-order valence-electron chi connectivity index (χ4n) is 4.08. The molecule has 0 spiro atoms. The van der Waals surface area contributed by atoms with Crippen LogP contribution in [0.15, 0.2) is 97.1 Å². The topological polar surface area (TPSA) is 123 Å². The van der Waals surface area contributed by atoms with Gasteiger partial charge in [0.15, 0.2) is 11.5 Å². The van der Waals surface area contributed by atoms with Gasteiger partial charge in [0, 0.05) is 11.3 Å². The quantitative estimate of drug-likeness (QED) is 0.164. The van der Waals surface area contributed by atoms with Crippen molar-refractivity contribution in [3.05, 3.63) is 103 Å². The number of nitrogens with two attached hydrogens (primary N) is 1. The highest BCUT2D eigenvalue weighted by molar-refractivity contribution is 6.01. The monoisotopic (exact) mass is 511 g/mol. The number of carbonyl (C=O) groups is 2. The van der Waals surface area contributed by atoms with Crippen molar-refractivity contribution in [3.63, 3.8) is 0 Å². The molecule has 4 rings (SSSR count). The lowest BCUT2D eigenvalue weighted by Crippen LogP contribution is -2.21. The van der Waals surface area contributed by atoms with Crippen LogP contribution >= 0.6 is 0 Å². The van der Waals surface area contributed by atoms with Crippen LogP contribution in [0, 0.1) is 5.92 Å². The highest BCUT2D eigenvalue weighted by Gasteiger charge is 2.24. The van der Waals surface area contributed by atoms with E-state index in [4.69, 9.17) is 15.2 Å². The number of anilines is 3. The summed E-state index contributed by atoms with van der Waals surface area (Å²) in [6.45, 7) is 1.80. The standard InChI is InChI=1S/C30H29N3O5/c1-19(14-17-28(35)32-25-12-6-5-11-23(25)31)29(21-15-16-27(37-2)26(34)18-21)38-30(36)33-24-13-7-9-20-8-3-4-10-22(20)24/h3-19,29,34H,31H2,1-2H3,(H,32,35)(H,33,36)/b17-14+/t19-,29+/m1/s1. The number of amides is 2. The van der Waals surface area contributed by atoms with E-state index in [1.54, 1.807) is 55.5 Å². The Hall–Kier alpha value is -4.98. The van der Waals surface area contributed by atoms with Gasteiger partial charge in [0.1, 0.15) is 6.10 Å². The maximum absolute atomic E-state index is 13.0. The van der Waals surface area contributed by atoms with Crippen LogP contribution in [0.25, 0.3) is 10.8 Å². The Morgan fingerprint density at radius 1 is 0.921 bits per heavy atom. The molecule has 2 atom stereocenters. The number of fused-ring (bicyclic) bond motifs is 1. The van der Waals surface area contributed by atoms with Gasteiger partial charge in [-0.1, -0.05) is 67.6 Å². The molecular weight excluding hydrogens is 482 g/mol. The van der Waals surface area contributed by atoms with Crippen molar-refractivity contribution >= 4 is 39.8 Å². The molecule has 0 aromatic heterocycles. The highest BCUT2D eigenvalue weighted by atomic mass is 16.6. The van der Waals surface area contributed by atoms with E-state index in [2.05, 4.69) is 10.6 Å². The third kappa shape index (κ3) is 6.22. The molecule has 0 fully saturated rings. The van der Waals surface area contributed by atoms with Crippen LogP contribution in [-0.2, 0) is 9.53 Å². The molecule has 38 heavy (non-hydrogen) atoms. The summed E-state index contributed by atoms with van der Waals surface area (Å²) in [6, 6.07) is 25.0. The van der Waals surface area contributed by atoms with Crippen LogP contribution < -0.4 is 21.1 Å². The number of aromatic hydroxyl groups is 1. The zero-order chi connectivity index (χ0) is 27.1. The van der Waals surface area contributed by atoms with Crippen molar-refractivity contribution in [1.29, 1.82) is 0 Å². The first-order chi connectivity index (χ1) is 18.4. The number of hydrogen-bond acceptors (Lipinski definition) is 6. The summed E-state index contributed by atoms with van der Waals surface area (Å²) in [5, 5.41) is 17.7. The number of methoxy groups -OCH3 is 1. The first-order valence-electron chi connectivity index (χ1n) is 12.0. The zero-order valence-electron chi connectivity index (χ0n) is 21.0. The molecular formula is C30H29N3O5. The number of carbonyl (C=O) groups excluding carboxylic acids is 2. The van der Waals surface area contributed by atoms with Gasteiger partial charge in [0.25, 0.3) is 0 Å². The Morgan fingerprint density at radius 2 is 1.63 bits per heavy atom. The Bertz CT molecular complexity index is 1480. The Kier molecular flexibility index (Phi) is 8.13. The van der Waals surface area contributed by atoms with Gasteiger partial charge in [-0.15, -0.1) is 0 Å². The van der Waals surface area contributed by atoms with Gasteiger partial charge in [-0.05, 0) is 47.4 Å². The summed E-state index contributed by atoms with van der Waals surface area (Å²) in [7, 11) is 1.45. The molecule has 4 aromatic rings. The second-order valence-electron chi connectivity index (χ2n) is 8.70. The molecule has 0 aliphatic rings. The molecule has 0 aliphatic carbocycles. The van der Waals surface area contributed by atoms with Crippen LogP contribution in [0.1, 0.15) is 18.6 Å². The summed E-state index contributed by atoms with van der Waals surface area (Å²) in [4.78, 5) is 25.6. The first-order valence-corrected chi connectivity index (χ1v) is 12.0. The number of phenolic OH excluding ortho intramolecular Hbond substituents is 1. The van der Waals surface area contributed by atoms with E-state index < -0.39 is 18.1 Å². The molecule has 4 aromatic carbocycles. The van der Waals surface area contributed by atoms with Gasteiger partial charge in [-0.2, -0.15) is 0 Å². The van der Waals surface area contributed by atoms with Gasteiger partial charge in [0.2, 0.25) is 5.91 Å². The molecule has 0 saturated carbocycles. The number of para-hydroxylation sites is 2. The SMILES string of the molecule is COc1ccc([C@@H](OC(=O)Nc2cccc3ccccc23)[C@H](C)/C=C/C(=O)Nc2ccccc2N)cc1O. The number of benzene rings is 4. The van der Waals surface area contributed by atoms with Crippen LogP contribution in [0.4, 0.5) is 21.9 Å². The van der Waals surface area contributed by atoms with Crippen LogP contribution in [0.3, 0.4) is 0 Å². The smallest absolute Gasteiger partial charge is 0.412 e. The Balaban J connectivity index is 1.55. The molecule has 0 heterocycles. The van der Waals surface area contributed by atoms with E-state index in [-0.39, 0.29) is 17.4 Å². The fraction of sp³-hybridized carbons (Fsp3) is 0.133. The predicted octanol–water partition coefficient (Wildman–Crippen LogP) is 6.26. The maximum atomic E-state index is 13.0. The van der Waals surface area contributed by atoms with E-state index in [1.165, 1.54) is 19.3 Å². The molecule has 0 aliphatic heterocycles. The van der Waals surface area contributed by atoms with Gasteiger partial charge in [0.05, 0.1) is 24.2 Å². The number of phenols is 1. The summed E-state index contributed by atoms with van der Waals surface area (Å²) < 4.78 is 11.0. The summed E-state index contributed by atoms with van der Waals surface area (Å²) >= 11 is 0. The van der Waals surface area contributed by atoms with Gasteiger partial charge >= 0.3 is 6.09 Å². The molecule has 5 N–H and O–H groups in total. The average molecular weight is 512 g/mol. The Morgan fingerprint density at radius 3 is 2.39 bits per heavy atom. The average Bonchev–Trinajstić information content (AvgIpc) is 2.92. The van der Waals surface area contributed by atoms with Crippen molar-refractivity contribution in [2.24, 2.45) is 5.92 Å². The lowest BCUT2D eigenvalue weighted by atomic mass is 9.96.